The molecule has 6 nitrogen and oxygen atoms in total. The lowest BCUT2D eigenvalue weighted by molar-refractivity contribution is -0.125. The van der Waals surface area contributed by atoms with Gasteiger partial charge in [0.2, 0.25) is 5.91 Å². The average molecular weight is 286 g/mol. The third-order valence-electron chi connectivity index (χ3n) is 3.52. The molecule has 0 aromatic heterocycles. The highest BCUT2D eigenvalue weighted by molar-refractivity contribution is 5.89. The number of likely N-dealkylation sites (tertiary alicyclic amines) is 1. The standard InChI is InChI=1S/C15H18N4O2/c16-8-9-17-14(20)12-6-10-19(11-7-12)15(21)18-13-4-2-1-3-5-13/h1-5,12H,6-7,9-11H2,(H,17,20)(H,18,21). The number of hydrogen-bond acceptors (Lipinski definition) is 3. The number of nitrogens with one attached hydrogen (secondary N) is 2. The van der Waals surface area contributed by atoms with Crippen LogP contribution in [0.2, 0.25) is 0 Å². The Labute approximate surface area is 123 Å². The lowest BCUT2D eigenvalue weighted by atomic mass is 9.96. The molecule has 6 heteroatoms. The zero-order valence-corrected chi connectivity index (χ0v) is 11.7. The summed E-state index contributed by atoms with van der Waals surface area (Å²) in [6.45, 7) is 1.13. The average Bonchev–Trinajstić information content (AvgIpc) is 2.53. The van der Waals surface area contributed by atoms with Gasteiger partial charge in [-0.3, -0.25) is 4.79 Å². The van der Waals surface area contributed by atoms with Gasteiger partial charge in [-0.2, -0.15) is 5.26 Å². The second kappa shape index (κ2) is 7.29. The number of amides is 3. The first-order valence-electron chi connectivity index (χ1n) is 6.96. The number of nitriles is 1. The van der Waals surface area contributed by atoms with Crippen LogP contribution in [-0.4, -0.2) is 36.5 Å². The highest BCUT2D eigenvalue weighted by Gasteiger charge is 2.27. The normalized spacial score (nSPS) is 15.1. The van der Waals surface area contributed by atoms with Crippen LogP contribution in [0, 0.1) is 17.2 Å². The summed E-state index contributed by atoms with van der Waals surface area (Å²) in [6.07, 6.45) is 1.25. The van der Waals surface area contributed by atoms with Gasteiger partial charge in [-0.05, 0) is 25.0 Å². The fourth-order valence-electron chi connectivity index (χ4n) is 2.34. The maximum atomic E-state index is 12.1. The molecule has 2 N–H and O–H groups in total. The predicted octanol–water partition coefficient (Wildman–Crippen LogP) is 1.57. The van der Waals surface area contributed by atoms with Gasteiger partial charge in [0.05, 0.1) is 6.07 Å². The first-order valence-corrected chi connectivity index (χ1v) is 6.96. The van der Waals surface area contributed by atoms with Gasteiger partial charge in [0.1, 0.15) is 6.54 Å². The van der Waals surface area contributed by atoms with Crippen molar-refractivity contribution in [1.82, 2.24) is 10.2 Å². The monoisotopic (exact) mass is 286 g/mol. The Bertz CT molecular complexity index is 530. The molecule has 0 spiro atoms. The molecule has 1 fully saturated rings. The van der Waals surface area contributed by atoms with Gasteiger partial charge >= 0.3 is 6.03 Å². The molecule has 1 aromatic rings. The number of urea groups is 1. The van der Waals surface area contributed by atoms with Crippen LogP contribution in [-0.2, 0) is 4.79 Å². The summed E-state index contributed by atoms with van der Waals surface area (Å²) in [7, 11) is 0. The van der Waals surface area contributed by atoms with E-state index >= 15 is 0 Å². The van der Waals surface area contributed by atoms with Gasteiger partial charge in [0.15, 0.2) is 0 Å². The Hall–Kier alpha value is -2.55. The van der Waals surface area contributed by atoms with Gasteiger partial charge in [-0.25, -0.2) is 4.79 Å². The molecule has 1 aliphatic heterocycles. The van der Waals surface area contributed by atoms with E-state index in [2.05, 4.69) is 10.6 Å². The first-order chi connectivity index (χ1) is 10.2. The van der Waals surface area contributed by atoms with E-state index in [-0.39, 0.29) is 24.4 Å². The summed E-state index contributed by atoms with van der Waals surface area (Å²) in [5.74, 6) is -0.209. The number of rotatable bonds is 3. The number of para-hydroxylation sites is 1. The minimum absolute atomic E-state index is 0.0353. The molecular weight excluding hydrogens is 268 g/mol. The molecular formula is C15H18N4O2. The van der Waals surface area contributed by atoms with Crippen molar-refractivity contribution in [2.75, 3.05) is 25.0 Å². The maximum absolute atomic E-state index is 12.1. The van der Waals surface area contributed by atoms with E-state index in [1.54, 1.807) is 4.90 Å². The Balaban J connectivity index is 1.80. The number of hydrogen-bond donors (Lipinski definition) is 2. The summed E-state index contributed by atoms with van der Waals surface area (Å²) >= 11 is 0. The van der Waals surface area contributed by atoms with Crippen molar-refractivity contribution in [2.24, 2.45) is 5.92 Å². The van der Waals surface area contributed by atoms with E-state index in [1.807, 2.05) is 36.4 Å². The number of carbonyl (C=O) groups is 2. The second-order valence-corrected chi connectivity index (χ2v) is 4.93. The van der Waals surface area contributed by atoms with Crippen LogP contribution in [0.1, 0.15) is 12.8 Å². The molecule has 1 aliphatic rings. The van der Waals surface area contributed by atoms with Gasteiger partial charge in [-0.1, -0.05) is 18.2 Å². The van der Waals surface area contributed by atoms with E-state index in [9.17, 15) is 9.59 Å². The van der Waals surface area contributed by atoms with Crippen molar-refractivity contribution < 1.29 is 9.59 Å². The summed E-state index contributed by atoms with van der Waals surface area (Å²) in [4.78, 5) is 25.5. The molecule has 21 heavy (non-hydrogen) atoms. The Morgan fingerprint density at radius 1 is 1.24 bits per heavy atom. The summed E-state index contributed by atoms with van der Waals surface area (Å²) in [5.41, 5.74) is 0.761. The van der Waals surface area contributed by atoms with Crippen molar-refractivity contribution in [3.05, 3.63) is 30.3 Å². The third-order valence-corrected chi connectivity index (χ3v) is 3.52. The lowest BCUT2D eigenvalue weighted by Gasteiger charge is -2.31. The molecule has 2 rings (SSSR count). The van der Waals surface area contributed by atoms with Crippen LogP contribution in [0.4, 0.5) is 10.5 Å². The quantitative estimate of drug-likeness (QED) is 0.827. The molecule has 110 valence electrons. The minimum atomic E-state index is -0.142. The molecule has 0 unspecified atom stereocenters. The van der Waals surface area contributed by atoms with Gasteiger partial charge in [0.25, 0.3) is 0 Å². The summed E-state index contributed by atoms with van der Waals surface area (Å²) < 4.78 is 0. The molecule has 0 atom stereocenters. The molecule has 0 radical (unpaired) electrons. The van der Waals surface area contributed by atoms with Crippen molar-refractivity contribution >= 4 is 17.6 Å². The van der Waals surface area contributed by atoms with Crippen LogP contribution in [0.3, 0.4) is 0 Å². The summed E-state index contributed by atoms with van der Waals surface area (Å²) in [6, 6.07) is 11.0. The largest absolute Gasteiger partial charge is 0.343 e. The van der Waals surface area contributed by atoms with E-state index in [0.717, 1.165) is 5.69 Å². The van der Waals surface area contributed by atoms with Crippen LogP contribution >= 0.6 is 0 Å². The number of anilines is 1. The van der Waals surface area contributed by atoms with Crippen molar-refractivity contribution in [2.45, 2.75) is 12.8 Å². The predicted molar refractivity (Wildman–Crippen MR) is 78.4 cm³/mol. The van der Waals surface area contributed by atoms with E-state index in [1.165, 1.54) is 0 Å². The van der Waals surface area contributed by atoms with Gasteiger partial charge < -0.3 is 15.5 Å². The molecule has 3 amide bonds. The zero-order chi connectivity index (χ0) is 15.1. The van der Waals surface area contributed by atoms with Crippen molar-refractivity contribution in [3.8, 4) is 6.07 Å². The highest BCUT2D eigenvalue weighted by Crippen LogP contribution is 2.18. The third kappa shape index (κ3) is 4.21. The van der Waals surface area contributed by atoms with Gasteiger partial charge in [0, 0.05) is 24.7 Å². The van der Waals surface area contributed by atoms with E-state index < -0.39 is 0 Å². The van der Waals surface area contributed by atoms with Crippen molar-refractivity contribution in [1.29, 1.82) is 5.26 Å². The van der Waals surface area contributed by atoms with Crippen LogP contribution in [0.5, 0.6) is 0 Å². The topological polar surface area (TPSA) is 85.2 Å². The Morgan fingerprint density at radius 3 is 2.52 bits per heavy atom. The van der Waals surface area contributed by atoms with Crippen LogP contribution in [0.25, 0.3) is 0 Å². The first kappa shape index (κ1) is 14.9. The van der Waals surface area contributed by atoms with E-state index in [4.69, 9.17) is 5.26 Å². The smallest absolute Gasteiger partial charge is 0.321 e. The molecule has 0 saturated carbocycles. The zero-order valence-electron chi connectivity index (χ0n) is 11.7. The molecule has 1 heterocycles. The van der Waals surface area contributed by atoms with Gasteiger partial charge in [-0.15, -0.1) is 0 Å². The van der Waals surface area contributed by atoms with Crippen LogP contribution in [0.15, 0.2) is 30.3 Å². The number of carbonyl (C=O) groups excluding carboxylic acids is 2. The Kier molecular flexibility index (Phi) is 5.16. The maximum Gasteiger partial charge on any atom is 0.321 e. The number of nitrogens with zero attached hydrogens (tertiary/aromatic N) is 2. The fraction of sp³-hybridized carbons (Fsp3) is 0.400. The second-order valence-electron chi connectivity index (χ2n) is 4.93. The van der Waals surface area contributed by atoms with Crippen molar-refractivity contribution in [3.63, 3.8) is 0 Å². The molecule has 0 bridgehead atoms. The van der Waals surface area contributed by atoms with E-state index in [0.29, 0.717) is 25.9 Å². The summed E-state index contributed by atoms with van der Waals surface area (Å²) in [5, 5.41) is 13.8. The molecule has 1 aromatic carbocycles. The molecule has 0 aliphatic carbocycles. The number of piperidine rings is 1. The fourth-order valence-corrected chi connectivity index (χ4v) is 2.34. The lowest BCUT2D eigenvalue weighted by Crippen LogP contribution is -2.44. The number of benzene rings is 1. The highest BCUT2D eigenvalue weighted by atomic mass is 16.2. The molecule has 1 saturated heterocycles. The van der Waals surface area contributed by atoms with Crippen LogP contribution < -0.4 is 10.6 Å². The SMILES string of the molecule is N#CCNC(=O)C1CCN(C(=O)Nc2ccccc2)CC1. The minimum Gasteiger partial charge on any atom is -0.343 e. The Morgan fingerprint density at radius 2 is 1.90 bits per heavy atom.